The molecule has 1 heterocycles. The molecule has 1 rings (SSSR count). The van der Waals surface area contributed by atoms with E-state index in [9.17, 15) is 9.59 Å². The smallest absolute Gasteiger partial charge is 0.228 e. The molecule has 1 aliphatic rings. The van der Waals surface area contributed by atoms with Crippen molar-refractivity contribution < 1.29 is 19.4 Å². The van der Waals surface area contributed by atoms with Gasteiger partial charge in [-0.1, -0.05) is 0 Å². The lowest BCUT2D eigenvalue weighted by Gasteiger charge is -2.05. The van der Waals surface area contributed by atoms with Gasteiger partial charge < -0.3 is 0 Å². The van der Waals surface area contributed by atoms with Crippen molar-refractivity contribution in [1.29, 1.82) is 0 Å². The van der Waals surface area contributed by atoms with Crippen molar-refractivity contribution in [3.05, 3.63) is 23.7 Å². The van der Waals surface area contributed by atoms with Crippen molar-refractivity contribution in [2.24, 2.45) is 0 Å². The van der Waals surface area contributed by atoms with E-state index >= 15 is 0 Å². The van der Waals surface area contributed by atoms with Gasteiger partial charge in [-0.05, 0) is 6.08 Å². The van der Waals surface area contributed by atoms with Crippen LogP contribution in [-0.2, 0) is 19.4 Å². The summed E-state index contributed by atoms with van der Waals surface area (Å²) in [4.78, 5) is 28.8. The monoisotopic (exact) mass is 140 g/mol. The minimum atomic E-state index is -0.0995. The van der Waals surface area contributed by atoms with Crippen LogP contribution in [0.5, 0.6) is 0 Å². The Balaban J connectivity index is 2.94. The Morgan fingerprint density at radius 1 is 1.30 bits per heavy atom. The number of hydrogen-bond acceptors (Lipinski definition) is 4. The zero-order valence-corrected chi connectivity index (χ0v) is 4.94. The second-order valence-electron chi connectivity index (χ2n) is 1.54. The Kier molecular flexibility index (Phi) is 1.84. The van der Waals surface area contributed by atoms with Crippen molar-refractivity contribution in [2.45, 2.75) is 0 Å². The number of aldehydes is 2. The van der Waals surface area contributed by atoms with Gasteiger partial charge in [-0.15, -0.1) is 0 Å². The topological polar surface area (TPSA) is 52.6 Å². The maximum atomic E-state index is 10.1. The Morgan fingerprint density at radius 2 is 2.10 bits per heavy atom. The molecule has 0 fully saturated rings. The minimum Gasteiger partial charge on any atom is -0.298 e. The van der Waals surface area contributed by atoms with E-state index in [1.165, 1.54) is 12.3 Å². The fourth-order valence-corrected chi connectivity index (χ4v) is 0.496. The Bertz CT molecular complexity index is 214. The van der Waals surface area contributed by atoms with Crippen LogP contribution in [0.25, 0.3) is 0 Å². The molecule has 0 aromatic rings. The van der Waals surface area contributed by atoms with Gasteiger partial charge >= 0.3 is 0 Å². The lowest BCUT2D eigenvalue weighted by Crippen LogP contribution is -2.01. The molecule has 0 aliphatic carbocycles. The van der Waals surface area contributed by atoms with Crippen LogP contribution in [-0.4, -0.2) is 12.6 Å². The number of carbonyl (C=O) groups is 2. The SMILES string of the molecule is O=CC1=C(C=O)OOC=C1. The molecule has 0 spiro atoms. The summed E-state index contributed by atoms with van der Waals surface area (Å²) < 4.78 is 0. The molecular formula is C6H4O4. The fraction of sp³-hybridized carbons (Fsp3) is 0. The molecule has 52 valence electrons. The molecule has 1 aliphatic heterocycles. The first-order chi connectivity index (χ1) is 4.88. The van der Waals surface area contributed by atoms with Gasteiger partial charge in [0, 0.05) is 0 Å². The van der Waals surface area contributed by atoms with Crippen LogP contribution in [0.4, 0.5) is 0 Å². The summed E-state index contributed by atoms with van der Waals surface area (Å²) in [6.45, 7) is 0. The van der Waals surface area contributed by atoms with Crippen molar-refractivity contribution in [3.8, 4) is 0 Å². The van der Waals surface area contributed by atoms with E-state index in [0.29, 0.717) is 12.6 Å². The Labute approximate surface area is 56.7 Å². The molecule has 0 unspecified atom stereocenters. The highest BCUT2D eigenvalue weighted by atomic mass is 17.2. The van der Waals surface area contributed by atoms with Crippen LogP contribution in [0.2, 0.25) is 0 Å². The van der Waals surface area contributed by atoms with Crippen LogP contribution in [0.3, 0.4) is 0 Å². The van der Waals surface area contributed by atoms with E-state index in [0.717, 1.165) is 0 Å². The molecule has 0 aromatic carbocycles. The lowest BCUT2D eigenvalue weighted by atomic mass is 10.2. The predicted molar refractivity (Wildman–Crippen MR) is 30.5 cm³/mol. The molecule has 10 heavy (non-hydrogen) atoms. The van der Waals surface area contributed by atoms with Crippen LogP contribution in [0, 0.1) is 0 Å². The molecule has 0 bridgehead atoms. The highest BCUT2D eigenvalue weighted by Gasteiger charge is 2.08. The Morgan fingerprint density at radius 3 is 2.60 bits per heavy atom. The standard InChI is InChI=1S/C6H4O4/c7-3-5-1-2-9-10-6(5)4-8/h1-4H. The summed E-state index contributed by atoms with van der Waals surface area (Å²) >= 11 is 0. The quantitative estimate of drug-likeness (QED) is 0.403. The van der Waals surface area contributed by atoms with Crippen LogP contribution >= 0.6 is 0 Å². The summed E-state index contributed by atoms with van der Waals surface area (Å²) in [5.74, 6) is -0.0995. The largest absolute Gasteiger partial charge is 0.298 e. The van der Waals surface area contributed by atoms with E-state index in [2.05, 4.69) is 9.78 Å². The summed E-state index contributed by atoms with van der Waals surface area (Å²) in [5.41, 5.74) is 0.182. The summed E-state index contributed by atoms with van der Waals surface area (Å²) in [6.07, 6.45) is 3.45. The maximum Gasteiger partial charge on any atom is 0.228 e. The molecule has 0 saturated carbocycles. The van der Waals surface area contributed by atoms with E-state index < -0.39 is 0 Å². The molecular weight excluding hydrogens is 136 g/mol. The van der Waals surface area contributed by atoms with E-state index in [-0.39, 0.29) is 11.3 Å². The third kappa shape index (κ3) is 1.05. The van der Waals surface area contributed by atoms with Crippen molar-refractivity contribution in [2.75, 3.05) is 0 Å². The van der Waals surface area contributed by atoms with Crippen molar-refractivity contribution in [3.63, 3.8) is 0 Å². The minimum absolute atomic E-state index is 0.0995. The number of rotatable bonds is 2. The van der Waals surface area contributed by atoms with Crippen LogP contribution < -0.4 is 0 Å². The molecule has 0 saturated heterocycles. The summed E-state index contributed by atoms with van der Waals surface area (Å²) in [7, 11) is 0. The van der Waals surface area contributed by atoms with E-state index in [1.54, 1.807) is 0 Å². The highest BCUT2D eigenvalue weighted by Crippen LogP contribution is 2.09. The van der Waals surface area contributed by atoms with Crippen LogP contribution in [0.15, 0.2) is 23.7 Å². The van der Waals surface area contributed by atoms with Crippen molar-refractivity contribution in [1.82, 2.24) is 0 Å². The average molecular weight is 140 g/mol. The summed E-state index contributed by atoms with van der Waals surface area (Å²) in [6, 6.07) is 0. The molecule has 0 amide bonds. The average Bonchev–Trinajstić information content (AvgIpc) is 2.04. The number of hydrogen-bond donors (Lipinski definition) is 0. The molecule has 0 aromatic heterocycles. The summed E-state index contributed by atoms with van der Waals surface area (Å²) in [5, 5.41) is 0. The van der Waals surface area contributed by atoms with Gasteiger partial charge in [0.15, 0.2) is 12.6 Å². The zero-order chi connectivity index (χ0) is 7.40. The third-order valence-electron chi connectivity index (χ3n) is 0.960. The Hall–Kier alpha value is -1.58. The van der Waals surface area contributed by atoms with Gasteiger partial charge in [-0.2, -0.15) is 0 Å². The van der Waals surface area contributed by atoms with Gasteiger partial charge in [0.25, 0.3) is 0 Å². The lowest BCUT2D eigenvalue weighted by molar-refractivity contribution is -0.213. The second-order valence-corrected chi connectivity index (χ2v) is 1.54. The van der Waals surface area contributed by atoms with Gasteiger partial charge in [-0.25, -0.2) is 0 Å². The molecule has 0 atom stereocenters. The fourth-order valence-electron chi connectivity index (χ4n) is 0.496. The van der Waals surface area contributed by atoms with E-state index in [1.807, 2.05) is 0 Å². The number of carbonyl (C=O) groups excluding carboxylic acids is 2. The van der Waals surface area contributed by atoms with E-state index in [4.69, 9.17) is 0 Å². The van der Waals surface area contributed by atoms with Gasteiger partial charge in [-0.3, -0.25) is 19.4 Å². The predicted octanol–water partition coefficient (Wildman–Crippen LogP) is 0.114. The third-order valence-corrected chi connectivity index (χ3v) is 0.960. The molecule has 0 radical (unpaired) electrons. The van der Waals surface area contributed by atoms with Gasteiger partial charge in [0.1, 0.15) is 6.26 Å². The molecule has 4 nitrogen and oxygen atoms in total. The van der Waals surface area contributed by atoms with Crippen molar-refractivity contribution >= 4 is 12.6 Å². The molecule has 4 heteroatoms. The first-order valence-corrected chi connectivity index (χ1v) is 2.53. The number of allylic oxidation sites excluding steroid dienone is 3. The first kappa shape index (κ1) is 6.54. The first-order valence-electron chi connectivity index (χ1n) is 2.53. The maximum absolute atomic E-state index is 10.1. The van der Waals surface area contributed by atoms with Gasteiger partial charge in [0.2, 0.25) is 5.76 Å². The van der Waals surface area contributed by atoms with Crippen LogP contribution in [0.1, 0.15) is 0 Å². The second kappa shape index (κ2) is 2.82. The normalized spacial score (nSPS) is 15.6. The van der Waals surface area contributed by atoms with Gasteiger partial charge in [0.05, 0.1) is 5.57 Å². The molecule has 0 N–H and O–H groups in total. The zero-order valence-electron chi connectivity index (χ0n) is 4.94. The highest BCUT2D eigenvalue weighted by molar-refractivity contribution is 5.87.